The van der Waals surface area contributed by atoms with Crippen LogP contribution in [0.1, 0.15) is 24.2 Å². The summed E-state index contributed by atoms with van der Waals surface area (Å²) in [4.78, 5) is 0. The summed E-state index contributed by atoms with van der Waals surface area (Å²) in [6, 6.07) is 12.0. The highest BCUT2D eigenvalue weighted by Crippen LogP contribution is 2.33. The van der Waals surface area contributed by atoms with Crippen molar-refractivity contribution < 1.29 is 14.6 Å². The van der Waals surface area contributed by atoms with E-state index < -0.39 is 6.10 Å². The van der Waals surface area contributed by atoms with E-state index in [-0.39, 0.29) is 0 Å². The lowest BCUT2D eigenvalue weighted by atomic mass is 10.1. The highest BCUT2D eigenvalue weighted by atomic mass is 35.5. The first kappa shape index (κ1) is 15.2. The zero-order chi connectivity index (χ0) is 15.4. The second kappa shape index (κ2) is 6.49. The molecule has 0 aliphatic rings. The van der Waals surface area contributed by atoms with Gasteiger partial charge in [-0.15, -0.1) is 0 Å². The lowest BCUT2D eigenvalue weighted by Crippen LogP contribution is -1.93. The minimum Gasteiger partial charge on any atom is -0.497 e. The molecule has 0 spiro atoms. The lowest BCUT2D eigenvalue weighted by Gasteiger charge is -2.11. The lowest BCUT2D eigenvalue weighted by molar-refractivity contribution is 0.199. The fraction of sp³-hybridized carbons (Fsp3) is 0.188. The van der Waals surface area contributed by atoms with Crippen molar-refractivity contribution in [2.24, 2.45) is 0 Å². The normalized spacial score (nSPS) is 11.6. The molecule has 21 heavy (non-hydrogen) atoms. The predicted molar refractivity (Wildman–Crippen MR) is 79.9 cm³/mol. The number of aliphatic hydroxyl groups excluding tert-OH is 1. The summed E-state index contributed by atoms with van der Waals surface area (Å²) in [5.41, 5.74) is 1.14. The molecule has 108 valence electrons. The van der Waals surface area contributed by atoms with Crippen LogP contribution in [0.2, 0.25) is 5.02 Å². The number of ether oxygens (including phenoxy) is 2. The Morgan fingerprint density at radius 3 is 2.48 bits per heavy atom. The van der Waals surface area contributed by atoms with Crippen molar-refractivity contribution in [1.82, 2.24) is 0 Å². The van der Waals surface area contributed by atoms with E-state index in [0.29, 0.717) is 33.4 Å². The SMILES string of the molecule is COc1cc(C#N)cc(Oc2ccc([C@@H](C)O)cc2Cl)c1. The molecule has 0 aliphatic carbocycles. The fourth-order valence-electron chi connectivity index (χ4n) is 1.80. The van der Waals surface area contributed by atoms with Crippen LogP contribution in [0, 0.1) is 11.3 Å². The molecule has 2 rings (SSSR count). The number of nitriles is 1. The number of hydrogen-bond acceptors (Lipinski definition) is 4. The molecule has 4 nitrogen and oxygen atoms in total. The van der Waals surface area contributed by atoms with E-state index in [4.69, 9.17) is 26.3 Å². The van der Waals surface area contributed by atoms with Crippen molar-refractivity contribution in [2.45, 2.75) is 13.0 Å². The number of hydrogen-bond donors (Lipinski definition) is 1. The number of benzene rings is 2. The van der Waals surface area contributed by atoms with E-state index in [9.17, 15) is 5.11 Å². The summed E-state index contributed by atoms with van der Waals surface area (Å²) < 4.78 is 10.8. The number of halogens is 1. The average molecular weight is 304 g/mol. The van der Waals surface area contributed by atoms with Crippen molar-refractivity contribution in [3.8, 4) is 23.3 Å². The Labute approximate surface area is 128 Å². The van der Waals surface area contributed by atoms with Crippen molar-refractivity contribution in [3.05, 3.63) is 52.5 Å². The molecule has 0 saturated heterocycles. The van der Waals surface area contributed by atoms with Gasteiger partial charge in [-0.2, -0.15) is 5.26 Å². The Bertz CT molecular complexity index is 692. The Morgan fingerprint density at radius 1 is 1.19 bits per heavy atom. The van der Waals surface area contributed by atoms with Gasteiger partial charge < -0.3 is 14.6 Å². The monoisotopic (exact) mass is 303 g/mol. The van der Waals surface area contributed by atoms with Crippen molar-refractivity contribution in [3.63, 3.8) is 0 Å². The van der Waals surface area contributed by atoms with Gasteiger partial charge >= 0.3 is 0 Å². The summed E-state index contributed by atoms with van der Waals surface area (Å²) >= 11 is 6.14. The molecule has 0 aliphatic heterocycles. The second-order valence-corrected chi connectivity index (χ2v) is 4.88. The molecule has 5 heteroatoms. The highest BCUT2D eigenvalue weighted by Gasteiger charge is 2.09. The number of nitrogens with zero attached hydrogens (tertiary/aromatic N) is 1. The van der Waals surface area contributed by atoms with Crippen LogP contribution in [-0.4, -0.2) is 12.2 Å². The molecule has 0 bridgehead atoms. The van der Waals surface area contributed by atoms with Gasteiger partial charge in [0, 0.05) is 6.07 Å². The number of aliphatic hydroxyl groups is 1. The molecule has 0 heterocycles. The Kier molecular flexibility index (Phi) is 4.69. The smallest absolute Gasteiger partial charge is 0.146 e. The summed E-state index contributed by atoms with van der Waals surface area (Å²) in [7, 11) is 1.52. The van der Waals surface area contributed by atoms with Crippen molar-refractivity contribution in [1.29, 1.82) is 5.26 Å². The van der Waals surface area contributed by atoms with Gasteiger partial charge in [-0.3, -0.25) is 0 Å². The minimum atomic E-state index is -0.599. The quantitative estimate of drug-likeness (QED) is 0.925. The van der Waals surface area contributed by atoms with Gasteiger partial charge in [-0.25, -0.2) is 0 Å². The number of rotatable bonds is 4. The van der Waals surface area contributed by atoms with Crippen molar-refractivity contribution in [2.75, 3.05) is 7.11 Å². The Morgan fingerprint density at radius 2 is 1.90 bits per heavy atom. The maximum absolute atomic E-state index is 9.51. The van der Waals surface area contributed by atoms with E-state index in [2.05, 4.69) is 0 Å². The van der Waals surface area contributed by atoms with Crippen LogP contribution in [-0.2, 0) is 0 Å². The van der Waals surface area contributed by atoms with Gasteiger partial charge in [0.05, 0.1) is 29.9 Å². The second-order valence-electron chi connectivity index (χ2n) is 4.48. The van der Waals surface area contributed by atoms with E-state index >= 15 is 0 Å². The summed E-state index contributed by atoms with van der Waals surface area (Å²) in [6.07, 6.45) is -0.599. The van der Waals surface area contributed by atoms with Gasteiger partial charge in [-0.1, -0.05) is 17.7 Å². The molecule has 0 radical (unpaired) electrons. The Balaban J connectivity index is 2.32. The first-order chi connectivity index (χ1) is 10.0. The maximum atomic E-state index is 9.51. The molecule has 2 aromatic carbocycles. The molecule has 0 unspecified atom stereocenters. The maximum Gasteiger partial charge on any atom is 0.146 e. The zero-order valence-electron chi connectivity index (χ0n) is 11.6. The third-order valence-corrected chi connectivity index (χ3v) is 3.21. The third kappa shape index (κ3) is 3.66. The van der Waals surface area contributed by atoms with Crippen LogP contribution in [0.4, 0.5) is 0 Å². The van der Waals surface area contributed by atoms with Crippen LogP contribution >= 0.6 is 11.6 Å². The summed E-state index contributed by atoms with van der Waals surface area (Å²) in [5, 5.41) is 18.9. The molecule has 0 aromatic heterocycles. The molecular formula is C16H14ClNO3. The van der Waals surface area contributed by atoms with E-state index in [1.807, 2.05) is 6.07 Å². The third-order valence-electron chi connectivity index (χ3n) is 2.91. The fourth-order valence-corrected chi connectivity index (χ4v) is 2.03. The van der Waals surface area contributed by atoms with Crippen LogP contribution in [0.25, 0.3) is 0 Å². The summed E-state index contributed by atoms with van der Waals surface area (Å²) in [6.45, 7) is 1.66. The first-order valence-electron chi connectivity index (χ1n) is 6.28. The van der Waals surface area contributed by atoms with Gasteiger partial charge in [0.2, 0.25) is 0 Å². The molecule has 1 N–H and O–H groups in total. The topological polar surface area (TPSA) is 62.5 Å². The molecular weight excluding hydrogens is 290 g/mol. The van der Waals surface area contributed by atoms with Crippen LogP contribution in [0.5, 0.6) is 17.2 Å². The molecule has 0 saturated carbocycles. The standard InChI is InChI=1S/C16H14ClNO3/c1-10(19)12-3-4-16(15(17)7-12)21-14-6-11(9-18)5-13(8-14)20-2/h3-8,10,19H,1-2H3/t10-/m1/s1. The molecule has 2 aromatic rings. The predicted octanol–water partition coefficient (Wildman–Crippen LogP) is 4.07. The highest BCUT2D eigenvalue weighted by molar-refractivity contribution is 6.32. The molecule has 1 atom stereocenters. The van der Waals surface area contributed by atoms with Gasteiger partial charge in [0.25, 0.3) is 0 Å². The zero-order valence-corrected chi connectivity index (χ0v) is 12.4. The average Bonchev–Trinajstić information content (AvgIpc) is 2.48. The van der Waals surface area contributed by atoms with Gasteiger partial charge in [0.1, 0.15) is 17.2 Å². The van der Waals surface area contributed by atoms with Crippen LogP contribution in [0.3, 0.4) is 0 Å². The Hall–Kier alpha value is -2.22. The summed E-state index contributed by atoms with van der Waals surface area (Å²) in [5.74, 6) is 1.43. The van der Waals surface area contributed by atoms with E-state index in [0.717, 1.165) is 0 Å². The van der Waals surface area contributed by atoms with E-state index in [1.54, 1.807) is 43.3 Å². The van der Waals surface area contributed by atoms with E-state index in [1.165, 1.54) is 7.11 Å². The molecule has 0 amide bonds. The van der Waals surface area contributed by atoms with Gasteiger partial charge in [0.15, 0.2) is 0 Å². The van der Waals surface area contributed by atoms with Crippen molar-refractivity contribution >= 4 is 11.6 Å². The number of methoxy groups -OCH3 is 1. The first-order valence-corrected chi connectivity index (χ1v) is 6.66. The van der Waals surface area contributed by atoms with Crippen LogP contribution in [0.15, 0.2) is 36.4 Å². The van der Waals surface area contributed by atoms with Gasteiger partial charge in [-0.05, 0) is 36.8 Å². The molecule has 0 fully saturated rings. The minimum absolute atomic E-state index is 0.384. The largest absolute Gasteiger partial charge is 0.497 e. The van der Waals surface area contributed by atoms with Crippen LogP contribution < -0.4 is 9.47 Å².